The summed E-state index contributed by atoms with van der Waals surface area (Å²) in [4.78, 5) is 12.4. The molecule has 1 N–H and O–H groups in total. The topological polar surface area (TPSA) is 56.8 Å². The fourth-order valence-electron chi connectivity index (χ4n) is 4.37. The second-order valence-corrected chi connectivity index (χ2v) is 10.7. The average Bonchev–Trinajstić information content (AvgIpc) is 3.18. The predicted molar refractivity (Wildman–Crippen MR) is 144 cm³/mol. The quantitative estimate of drug-likeness (QED) is 0.191. The van der Waals surface area contributed by atoms with Crippen molar-refractivity contribution in [3.8, 4) is 0 Å². The van der Waals surface area contributed by atoms with Gasteiger partial charge >= 0.3 is 6.09 Å². The lowest BCUT2D eigenvalue weighted by Crippen LogP contribution is -2.47. The Kier molecular flexibility index (Phi) is 14.1. The molecule has 0 aromatic heterocycles. The van der Waals surface area contributed by atoms with Crippen LogP contribution in [-0.2, 0) is 20.8 Å². The van der Waals surface area contributed by atoms with Crippen LogP contribution in [0.5, 0.6) is 0 Å². The fraction of sp³-hybridized carbons (Fsp3) is 0.700. The van der Waals surface area contributed by atoms with Crippen molar-refractivity contribution >= 4 is 6.09 Å². The molecule has 3 atom stereocenters. The van der Waals surface area contributed by atoms with Gasteiger partial charge in [0.25, 0.3) is 0 Å². The SMILES string of the molecule is CCCCCCCCCCC/C=C\C[C@H]1OC[C@H](NC(=O)OC(C)(C)C)[C@@H]1OCc1ccccc1. The van der Waals surface area contributed by atoms with Crippen LogP contribution in [0.1, 0.15) is 104 Å². The second kappa shape index (κ2) is 16.8. The highest BCUT2D eigenvalue weighted by Gasteiger charge is 2.39. The highest BCUT2D eigenvalue weighted by molar-refractivity contribution is 5.68. The molecule has 0 aliphatic carbocycles. The number of unbranched alkanes of at least 4 members (excludes halogenated alkanes) is 9. The van der Waals surface area contributed by atoms with Crippen molar-refractivity contribution < 1.29 is 19.0 Å². The molecule has 0 bridgehead atoms. The van der Waals surface area contributed by atoms with Gasteiger partial charge in [0.1, 0.15) is 11.7 Å². The summed E-state index contributed by atoms with van der Waals surface area (Å²) in [6, 6.07) is 9.87. The van der Waals surface area contributed by atoms with Crippen LogP contribution in [0.4, 0.5) is 4.79 Å². The molecule has 1 aliphatic heterocycles. The average molecular weight is 488 g/mol. The third-order valence-electron chi connectivity index (χ3n) is 6.25. The molecule has 5 heteroatoms. The molecule has 5 nitrogen and oxygen atoms in total. The van der Waals surface area contributed by atoms with Crippen LogP contribution in [0, 0.1) is 0 Å². The summed E-state index contributed by atoms with van der Waals surface area (Å²) in [5.41, 5.74) is 0.566. The van der Waals surface area contributed by atoms with Crippen molar-refractivity contribution in [2.75, 3.05) is 6.61 Å². The Bertz CT molecular complexity index is 713. The van der Waals surface area contributed by atoms with E-state index in [2.05, 4.69) is 24.4 Å². The maximum Gasteiger partial charge on any atom is 0.408 e. The highest BCUT2D eigenvalue weighted by Crippen LogP contribution is 2.23. The maximum atomic E-state index is 12.4. The third-order valence-corrected chi connectivity index (χ3v) is 6.25. The van der Waals surface area contributed by atoms with Crippen molar-refractivity contribution in [2.24, 2.45) is 0 Å². The molecular formula is C30H49NO4. The highest BCUT2D eigenvalue weighted by atomic mass is 16.6. The van der Waals surface area contributed by atoms with Crippen LogP contribution in [0.25, 0.3) is 0 Å². The van der Waals surface area contributed by atoms with Gasteiger partial charge in [-0.15, -0.1) is 0 Å². The van der Waals surface area contributed by atoms with Crippen molar-refractivity contribution in [1.29, 1.82) is 0 Å². The number of alkyl carbamates (subject to hydrolysis) is 1. The minimum absolute atomic E-state index is 0.0852. The lowest BCUT2D eigenvalue weighted by molar-refractivity contribution is -0.0222. The summed E-state index contributed by atoms with van der Waals surface area (Å²) in [7, 11) is 0. The van der Waals surface area contributed by atoms with Crippen LogP contribution < -0.4 is 5.32 Å². The molecule has 198 valence electrons. The van der Waals surface area contributed by atoms with E-state index in [0.29, 0.717) is 13.2 Å². The fourth-order valence-corrected chi connectivity index (χ4v) is 4.37. The third kappa shape index (κ3) is 13.1. The van der Waals surface area contributed by atoms with Gasteiger partial charge in [0, 0.05) is 0 Å². The van der Waals surface area contributed by atoms with Gasteiger partial charge in [-0.1, -0.05) is 101 Å². The molecule has 0 spiro atoms. The zero-order chi connectivity index (χ0) is 25.4. The summed E-state index contributed by atoms with van der Waals surface area (Å²) >= 11 is 0. The van der Waals surface area contributed by atoms with E-state index in [1.54, 1.807) is 0 Å². The number of amides is 1. The number of hydrogen-bond acceptors (Lipinski definition) is 4. The van der Waals surface area contributed by atoms with E-state index in [0.717, 1.165) is 18.4 Å². The molecule has 0 saturated carbocycles. The first-order valence-electron chi connectivity index (χ1n) is 13.8. The zero-order valence-electron chi connectivity index (χ0n) is 22.6. The van der Waals surface area contributed by atoms with E-state index in [-0.39, 0.29) is 18.2 Å². The normalized spacial score (nSPS) is 20.4. The molecular weight excluding hydrogens is 438 g/mol. The standard InChI is InChI=1S/C30H49NO4/c1-5-6-7-8-9-10-11-12-13-14-15-19-22-27-28(34-23-25-20-17-16-18-21-25)26(24-33-27)31-29(32)35-30(2,3)4/h15-21,26-28H,5-14,22-24H2,1-4H3,(H,31,32)/b19-15-/t26-,27+,28-/m0/s1. The largest absolute Gasteiger partial charge is 0.444 e. The van der Waals surface area contributed by atoms with Gasteiger partial charge in [0.2, 0.25) is 0 Å². The molecule has 1 aliphatic rings. The molecule has 1 saturated heterocycles. The van der Waals surface area contributed by atoms with Gasteiger partial charge in [0.05, 0.1) is 25.4 Å². The Morgan fingerprint density at radius 2 is 1.66 bits per heavy atom. The number of hydrogen-bond donors (Lipinski definition) is 1. The van der Waals surface area contributed by atoms with E-state index >= 15 is 0 Å². The monoisotopic (exact) mass is 487 g/mol. The first-order chi connectivity index (χ1) is 16.9. The smallest absolute Gasteiger partial charge is 0.408 e. The summed E-state index contributed by atoms with van der Waals surface area (Å²) in [5, 5.41) is 2.96. The molecule has 0 radical (unpaired) electrons. The van der Waals surface area contributed by atoms with Crippen LogP contribution >= 0.6 is 0 Å². The van der Waals surface area contributed by atoms with Gasteiger partial charge < -0.3 is 19.5 Å². The summed E-state index contributed by atoms with van der Waals surface area (Å²) < 4.78 is 17.8. The Morgan fingerprint density at radius 3 is 2.31 bits per heavy atom. The van der Waals surface area contributed by atoms with E-state index < -0.39 is 11.7 Å². The number of carbonyl (C=O) groups is 1. The van der Waals surface area contributed by atoms with E-state index in [4.69, 9.17) is 14.2 Å². The lowest BCUT2D eigenvalue weighted by atomic mass is 10.0. The summed E-state index contributed by atoms with van der Waals surface area (Å²) in [6.45, 7) is 8.77. The maximum absolute atomic E-state index is 12.4. The summed E-state index contributed by atoms with van der Waals surface area (Å²) in [6.07, 6.45) is 17.8. The van der Waals surface area contributed by atoms with Gasteiger partial charge in [0.15, 0.2) is 0 Å². The molecule has 0 unspecified atom stereocenters. The molecule has 1 fully saturated rings. The number of allylic oxidation sites excluding steroid dienone is 1. The second-order valence-electron chi connectivity index (χ2n) is 10.7. The van der Waals surface area contributed by atoms with Crippen molar-refractivity contribution in [3.05, 3.63) is 48.0 Å². The number of ether oxygens (including phenoxy) is 3. The van der Waals surface area contributed by atoms with E-state index in [1.165, 1.54) is 57.8 Å². The van der Waals surface area contributed by atoms with Crippen LogP contribution in [0.3, 0.4) is 0 Å². The van der Waals surface area contributed by atoms with Crippen LogP contribution in [-0.4, -0.2) is 36.6 Å². The van der Waals surface area contributed by atoms with Gasteiger partial charge in [-0.25, -0.2) is 4.79 Å². The predicted octanol–water partition coefficient (Wildman–Crippen LogP) is 7.73. The number of carbonyl (C=O) groups excluding carboxylic acids is 1. The molecule has 1 heterocycles. The molecule has 1 aromatic rings. The van der Waals surface area contributed by atoms with E-state index in [9.17, 15) is 4.79 Å². The van der Waals surface area contributed by atoms with Crippen molar-refractivity contribution in [2.45, 2.75) is 129 Å². The van der Waals surface area contributed by atoms with Crippen molar-refractivity contribution in [3.63, 3.8) is 0 Å². The Labute approximate surface area is 214 Å². The zero-order valence-corrected chi connectivity index (χ0v) is 22.6. The Hall–Kier alpha value is -1.85. The van der Waals surface area contributed by atoms with Crippen molar-refractivity contribution in [1.82, 2.24) is 5.32 Å². The molecule has 2 rings (SSSR count). The van der Waals surface area contributed by atoms with Crippen LogP contribution in [0.15, 0.2) is 42.5 Å². The summed E-state index contributed by atoms with van der Waals surface area (Å²) in [5.74, 6) is 0. The number of rotatable bonds is 16. The van der Waals surface area contributed by atoms with Crippen LogP contribution in [0.2, 0.25) is 0 Å². The molecule has 1 aromatic carbocycles. The van der Waals surface area contributed by atoms with Gasteiger partial charge in [-0.05, 0) is 45.6 Å². The minimum atomic E-state index is -0.541. The Morgan fingerprint density at radius 1 is 1.00 bits per heavy atom. The Balaban J connectivity index is 1.75. The first-order valence-corrected chi connectivity index (χ1v) is 13.8. The first kappa shape index (κ1) is 29.4. The van der Waals surface area contributed by atoms with Gasteiger partial charge in [-0.2, -0.15) is 0 Å². The number of nitrogens with one attached hydrogen (secondary N) is 1. The van der Waals surface area contributed by atoms with E-state index in [1.807, 2.05) is 51.1 Å². The van der Waals surface area contributed by atoms with Gasteiger partial charge in [-0.3, -0.25) is 0 Å². The molecule has 35 heavy (non-hydrogen) atoms. The number of benzene rings is 1. The lowest BCUT2D eigenvalue weighted by Gasteiger charge is -2.25. The molecule has 1 amide bonds. The minimum Gasteiger partial charge on any atom is -0.444 e.